The highest BCUT2D eigenvalue weighted by atomic mass is 35.5. The molecule has 2 saturated heterocycles. The number of halogens is 1. The van der Waals surface area contributed by atoms with Crippen LogP contribution in [0.1, 0.15) is 50.0 Å². The first-order valence-electron chi connectivity index (χ1n) is 14.0. The summed E-state index contributed by atoms with van der Waals surface area (Å²) in [6, 6.07) is 15.2. The molecular formula is C31H40ClN5O2. The largest absolute Gasteiger partial charge is 0.489 e. The molecule has 0 aromatic heterocycles. The number of nitrogens with zero attached hydrogens (tertiary/aromatic N) is 3. The van der Waals surface area contributed by atoms with E-state index in [0.717, 1.165) is 45.2 Å². The number of anilines is 1. The second kappa shape index (κ2) is 11.0. The van der Waals surface area contributed by atoms with Crippen molar-refractivity contribution in [2.75, 3.05) is 50.7 Å². The molecule has 3 fully saturated rings. The monoisotopic (exact) mass is 549 g/mol. The highest BCUT2D eigenvalue weighted by molar-refractivity contribution is 6.31. The lowest BCUT2D eigenvalue weighted by atomic mass is 9.49. The Labute approximate surface area is 237 Å². The van der Waals surface area contributed by atoms with Gasteiger partial charge in [-0.2, -0.15) is 5.26 Å². The molecule has 5 rings (SSSR count). The number of amides is 1. The molecule has 0 radical (unpaired) electrons. The van der Waals surface area contributed by atoms with Gasteiger partial charge in [-0.25, -0.2) is 0 Å². The molecule has 2 N–H and O–H groups in total. The molecule has 1 atom stereocenters. The Morgan fingerprint density at radius 3 is 2.38 bits per heavy atom. The molecule has 7 nitrogen and oxygen atoms in total. The summed E-state index contributed by atoms with van der Waals surface area (Å²) < 4.78 is 6.35. The minimum absolute atomic E-state index is 0.0671. The first-order chi connectivity index (χ1) is 18.6. The molecule has 1 amide bonds. The van der Waals surface area contributed by atoms with Crippen LogP contribution in [-0.2, 0) is 0 Å². The zero-order valence-corrected chi connectivity index (χ0v) is 24.2. The van der Waals surface area contributed by atoms with Crippen molar-refractivity contribution < 1.29 is 9.53 Å². The normalized spacial score (nSPS) is 25.9. The first-order valence-corrected chi connectivity index (χ1v) is 14.4. The summed E-state index contributed by atoms with van der Waals surface area (Å²) in [4.78, 5) is 18.3. The Kier molecular flexibility index (Phi) is 7.83. The zero-order valence-electron chi connectivity index (χ0n) is 23.5. The zero-order chi connectivity index (χ0) is 27.8. The molecule has 2 aromatic carbocycles. The van der Waals surface area contributed by atoms with Crippen LogP contribution < -0.4 is 20.3 Å². The minimum atomic E-state index is -0.298. The number of nitriles is 1. The summed E-state index contributed by atoms with van der Waals surface area (Å²) in [5, 5.41) is 16.3. The fourth-order valence-electron chi connectivity index (χ4n) is 7.06. The van der Waals surface area contributed by atoms with Gasteiger partial charge in [-0.05, 0) is 61.8 Å². The number of nitrogens with one attached hydrogen (secondary N) is 2. The molecule has 2 heterocycles. The summed E-state index contributed by atoms with van der Waals surface area (Å²) in [5.74, 6) is 1.35. The lowest BCUT2D eigenvalue weighted by molar-refractivity contribution is -0.164. The van der Waals surface area contributed by atoms with Gasteiger partial charge in [0.15, 0.2) is 0 Å². The maximum atomic E-state index is 13.3. The van der Waals surface area contributed by atoms with Gasteiger partial charge < -0.3 is 20.3 Å². The highest BCUT2D eigenvalue weighted by Gasteiger charge is 2.64. The molecule has 2 aromatic rings. The van der Waals surface area contributed by atoms with Crippen molar-refractivity contribution in [3.05, 3.63) is 58.6 Å². The first kappa shape index (κ1) is 27.8. The van der Waals surface area contributed by atoms with E-state index in [4.69, 9.17) is 21.6 Å². The van der Waals surface area contributed by atoms with Gasteiger partial charge in [0, 0.05) is 66.9 Å². The predicted octanol–water partition coefficient (Wildman–Crippen LogP) is 4.56. The van der Waals surface area contributed by atoms with Crippen LogP contribution in [0, 0.1) is 28.1 Å². The number of piperazine rings is 1. The maximum absolute atomic E-state index is 13.3. The number of benzene rings is 2. The van der Waals surface area contributed by atoms with Crippen molar-refractivity contribution in [3.8, 4) is 11.8 Å². The van der Waals surface area contributed by atoms with E-state index in [1.54, 1.807) is 18.2 Å². The number of carbonyl (C=O) groups excluding carboxylic acids is 1. The molecule has 0 spiro atoms. The number of hydrogen-bond acceptors (Lipinski definition) is 6. The van der Waals surface area contributed by atoms with Gasteiger partial charge in [0.05, 0.1) is 10.6 Å². The molecule has 2 aliphatic heterocycles. The van der Waals surface area contributed by atoms with Crippen LogP contribution in [-0.4, -0.2) is 68.8 Å². The number of ether oxygens (including phenoxy) is 1. The molecule has 1 saturated carbocycles. The minimum Gasteiger partial charge on any atom is -0.489 e. The quantitative estimate of drug-likeness (QED) is 0.527. The molecule has 1 aliphatic carbocycles. The fraction of sp³-hybridized carbons (Fsp3) is 0.548. The lowest BCUT2D eigenvalue weighted by Gasteiger charge is -2.63. The van der Waals surface area contributed by atoms with E-state index in [1.807, 2.05) is 12.1 Å². The van der Waals surface area contributed by atoms with Gasteiger partial charge in [-0.3, -0.25) is 9.69 Å². The molecule has 3 aliphatic rings. The van der Waals surface area contributed by atoms with Crippen LogP contribution >= 0.6 is 11.6 Å². The van der Waals surface area contributed by atoms with Crippen LogP contribution in [0.25, 0.3) is 0 Å². The summed E-state index contributed by atoms with van der Waals surface area (Å²) in [6.07, 6.45) is 1.16. The molecular weight excluding hydrogens is 510 g/mol. The van der Waals surface area contributed by atoms with Crippen molar-refractivity contribution in [2.24, 2.45) is 16.7 Å². The van der Waals surface area contributed by atoms with Gasteiger partial charge >= 0.3 is 0 Å². The van der Waals surface area contributed by atoms with Gasteiger partial charge in [0.2, 0.25) is 0 Å². The Balaban J connectivity index is 1.16. The van der Waals surface area contributed by atoms with Gasteiger partial charge in [0.1, 0.15) is 17.9 Å². The van der Waals surface area contributed by atoms with E-state index >= 15 is 0 Å². The fourth-order valence-corrected chi connectivity index (χ4v) is 7.27. The lowest BCUT2D eigenvalue weighted by Crippen LogP contribution is -2.74. The second-order valence-corrected chi connectivity index (χ2v) is 12.9. The van der Waals surface area contributed by atoms with Crippen molar-refractivity contribution in [1.29, 1.82) is 5.26 Å². The van der Waals surface area contributed by atoms with Gasteiger partial charge in [-0.15, -0.1) is 0 Å². The van der Waals surface area contributed by atoms with E-state index in [9.17, 15) is 4.79 Å². The number of carbonyl (C=O) groups is 1. The third-order valence-corrected chi connectivity index (χ3v) is 9.29. The van der Waals surface area contributed by atoms with Crippen molar-refractivity contribution >= 4 is 23.2 Å². The Morgan fingerprint density at radius 1 is 1.10 bits per heavy atom. The Hall–Kier alpha value is -2.79. The van der Waals surface area contributed by atoms with Crippen molar-refractivity contribution in [2.45, 2.75) is 46.3 Å². The number of rotatable bonds is 7. The molecule has 39 heavy (non-hydrogen) atoms. The Morgan fingerprint density at radius 2 is 1.79 bits per heavy atom. The van der Waals surface area contributed by atoms with Crippen LogP contribution in [0.4, 0.5) is 5.69 Å². The summed E-state index contributed by atoms with van der Waals surface area (Å²) in [6.45, 7) is 16.2. The third kappa shape index (κ3) is 5.61. The molecule has 0 unspecified atom stereocenters. The van der Waals surface area contributed by atoms with Crippen LogP contribution in [0.15, 0.2) is 42.5 Å². The SMILES string of the molecule is CC1(C)[C@H](NC(=O)c2ccc(N3CCN(C[C@H]4CCNC4)CC3)cc2)C(C)(C)[C@H]1Oc1ccc(C#N)c(Cl)c1. The average Bonchev–Trinajstić information content (AvgIpc) is 3.43. The topological polar surface area (TPSA) is 80.6 Å². The maximum Gasteiger partial charge on any atom is 0.251 e. The van der Waals surface area contributed by atoms with E-state index in [0.29, 0.717) is 21.9 Å². The number of hydrogen-bond donors (Lipinski definition) is 2. The molecule has 208 valence electrons. The third-order valence-electron chi connectivity index (χ3n) is 8.98. The second-order valence-electron chi connectivity index (χ2n) is 12.5. The van der Waals surface area contributed by atoms with Crippen LogP contribution in [0.3, 0.4) is 0 Å². The van der Waals surface area contributed by atoms with Crippen LogP contribution in [0.5, 0.6) is 5.75 Å². The summed E-state index contributed by atoms with van der Waals surface area (Å²) >= 11 is 6.21. The van der Waals surface area contributed by atoms with Gasteiger partial charge in [-0.1, -0.05) is 39.3 Å². The van der Waals surface area contributed by atoms with E-state index in [-0.39, 0.29) is 28.9 Å². The van der Waals surface area contributed by atoms with Crippen molar-refractivity contribution in [3.63, 3.8) is 0 Å². The standard InChI is InChI=1S/C31H40ClN5O2/c1-30(2)28(31(3,4)29(30)39-25-10-7-23(18-33)26(32)17-25)35-27(38)22-5-8-24(9-6-22)37-15-13-36(14-16-37)20-21-11-12-34-19-21/h5-10,17,21,28-29,34H,11-16,19-20H2,1-4H3,(H,35,38)/t21-,28-,29-/m0/s1. The van der Waals surface area contributed by atoms with E-state index in [2.05, 4.69) is 66.3 Å². The molecule has 0 bridgehead atoms. The summed E-state index contributed by atoms with van der Waals surface area (Å²) in [7, 11) is 0. The molecule has 8 heteroatoms. The highest BCUT2D eigenvalue weighted by Crippen LogP contribution is 2.55. The van der Waals surface area contributed by atoms with Crippen LogP contribution in [0.2, 0.25) is 5.02 Å². The van der Waals surface area contributed by atoms with E-state index in [1.165, 1.54) is 18.7 Å². The van der Waals surface area contributed by atoms with Gasteiger partial charge in [0.25, 0.3) is 5.91 Å². The van der Waals surface area contributed by atoms with E-state index < -0.39 is 0 Å². The van der Waals surface area contributed by atoms with Crippen molar-refractivity contribution in [1.82, 2.24) is 15.5 Å². The predicted molar refractivity (Wildman–Crippen MR) is 155 cm³/mol. The smallest absolute Gasteiger partial charge is 0.251 e. The Bertz CT molecular complexity index is 1210. The summed E-state index contributed by atoms with van der Waals surface area (Å²) in [5.41, 5.74) is 1.67. The average molecular weight is 550 g/mol.